The van der Waals surface area contributed by atoms with Gasteiger partial charge in [0.2, 0.25) is 0 Å². The third kappa shape index (κ3) is 3.93. The molecule has 2 aromatic heterocycles. The molecular formula is C44H27NO2. The van der Waals surface area contributed by atoms with Crippen LogP contribution in [0.3, 0.4) is 0 Å². The molecule has 0 aliphatic carbocycles. The van der Waals surface area contributed by atoms with E-state index in [4.69, 9.17) is 8.83 Å². The van der Waals surface area contributed by atoms with E-state index in [2.05, 4.69) is 169 Å². The van der Waals surface area contributed by atoms with Crippen LogP contribution < -0.4 is 4.90 Å². The number of para-hydroxylation sites is 2. The Bertz CT molecular complexity index is 2810. The standard InChI is InChI=1S/C44H27NO2/c1-2-15-31(16-3-1)45(38-21-11-23-40-43(38)35-25-24-28-12-6-7-17-32(28)44(35)47-40)37-20-9-8-18-33(37)34-19-10-22-39-42(34)36-26-29-13-4-5-14-30(29)27-41(36)46-39/h1-27H. The van der Waals surface area contributed by atoms with Crippen LogP contribution in [0.15, 0.2) is 173 Å². The highest BCUT2D eigenvalue weighted by molar-refractivity contribution is 6.21. The molecule has 0 unspecified atom stereocenters. The summed E-state index contributed by atoms with van der Waals surface area (Å²) >= 11 is 0. The molecule has 10 rings (SSSR count). The van der Waals surface area contributed by atoms with E-state index in [0.717, 1.165) is 77.5 Å². The van der Waals surface area contributed by atoms with Crippen molar-refractivity contribution < 1.29 is 8.83 Å². The molecule has 0 spiro atoms. The van der Waals surface area contributed by atoms with E-state index in [9.17, 15) is 0 Å². The van der Waals surface area contributed by atoms with Crippen molar-refractivity contribution >= 4 is 82.5 Å². The van der Waals surface area contributed by atoms with Crippen LogP contribution in [0.4, 0.5) is 17.1 Å². The highest BCUT2D eigenvalue weighted by atomic mass is 16.3. The first-order chi connectivity index (χ1) is 23.3. The highest BCUT2D eigenvalue weighted by Crippen LogP contribution is 2.48. The van der Waals surface area contributed by atoms with Crippen LogP contribution in [0.1, 0.15) is 0 Å². The van der Waals surface area contributed by atoms with Gasteiger partial charge < -0.3 is 13.7 Å². The van der Waals surface area contributed by atoms with E-state index in [1.807, 2.05) is 0 Å². The van der Waals surface area contributed by atoms with Crippen molar-refractivity contribution in [2.45, 2.75) is 0 Å². The van der Waals surface area contributed by atoms with Gasteiger partial charge in [-0.25, -0.2) is 0 Å². The molecule has 0 fully saturated rings. The van der Waals surface area contributed by atoms with Gasteiger partial charge in [0, 0.05) is 32.8 Å². The third-order valence-electron chi connectivity index (χ3n) is 9.42. The van der Waals surface area contributed by atoms with Crippen LogP contribution in [0, 0.1) is 0 Å². The van der Waals surface area contributed by atoms with E-state index in [1.54, 1.807) is 0 Å². The number of nitrogens with zero attached hydrogens (tertiary/aromatic N) is 1. The average Bonchev–Trinajstić information content (AvgIpc) is 3.70. The fraction of sp³-hybridized carbons (Fsp3) is 0. The largest absolute Gasteiger partial charge is 0.456 e. The van der Waals surface area contributed by atoms with Gasteiger partial charge in [0.25, 0.3) is 0 Å². The topological polar surface area (TPSA) is 29.5 Å². The molecule has 0 saturated heterocycles. The first-order valence-electron chi connectivity index (χ1n) is 15.9. The molecule has 0 aliphatic rings. The zero-order valence-electron chi connectivity index (χ0n) is 25.4. The summed E-state index contributed by atoms with van der Waals surface area (Å²) in [5.74, 6) is 0. The number of rotatable bonds is 4. The summed E-state index contributed by atoms with van der Waals surface area (Å²) < 4.78 is 13.1. The average molecular weight is 602 g/mol. The Morgan fingerprint density at radius 1 is 0.362 bits per heavy atom. The first kappa shape index (κ1) is 26.0. The molecule has 0 amide bonds. The molecule has 220 valence electrons. The molecular weight excluding hydrogens is 574 g/mol. The molecule has 0 bridgehead atoms. The van der Waals surface area contributed by atoms with E-state index >= 15 is 0 Å². The lowest BCUT2D eigenvalue weighted by atomic mass is 9.96. The molecule has 0 atom stereocenters. The van der Waals surface area contributed by atoms with E-state index in [0.29, 0.717) is 0 Å². The highest BCUT2D eigenvalue weighted by Gasteiger charge is 2.23. The molecule has 0 saturated carbocycles. The lowest BCUT2D eigenvalue weighted by molar-refractivity contribution is 0.669. The zero-order valence-corrected chi connectivity index (χ0v) is 25.4. The minimum absolute atomic E-state index is 0.863. The number of furan rings is 2. The zero-order chi connectivity index (χ0) is 30.9. The van der Waals surface area contributed by atoms with Gasteiger partial charge >= 0.3 is 0 Å². The lowest BCUT2D eigenvalue weighted by Gasteiger charge is -2.28. The number of hydrogen-bond acceptors (Lipinski definition) is 3. The smallest absolute Gasteiger partial charge is 0.143 e. The SMILES string of the molecule is c1ccc(N(c2ccccc2-c2cccc3oc4cc5ccccc5cc4c23)c2cccc3oc4c5ccccc5ccc4c23)cc1. The van der Waals surface area contributed by atoms with Crippen LogP contribution in [-0.2, 0) is 0 Å². The van der Waals surface area contributed by atoms with Gasteiger partial charge in [0.05, 0.1) is 16.8 Å². The summed E-state index contributed by atoms with van der Waals surface area (Å²) in [4.78, 5) is 2.37. The van der Waals surface area contributed by atoms with Crippen LogP contribution in [0.2, 0.25) is 0 Å². The number of fused-ring (bicyclic) bond motifs is 9. The Balaban J connectivity index is 1.27. The Morgan fingerprint density at radius 2 is 1.02 bits per heavy atom. The maximum atomic E-state index is 6.63. The maximum absolute atomic E-state index is 6.63. The van der Waals surface area contributed by atoms with Gasteiger partial charge in [-0.05, 0) is 76.3 Å². The van der Waals surface area contributed by atoms with Gasteiger partial charge in [-0.15, -0.1) is 0 Å². The molecule has 0 radical (unpaired) electrons. The van der Waals surface area contributed by atoms with Crippen molar-refractivity contribution in [3.8, 4) is 11.1 Å². The Kier molecular flexibility index (Phi) is 5.57. The van der Waals surface area contributed by atoms with Crippen molar-refractivity contribution in [1.82, 2.24) is 0 Å². The predicted molar refractivity (Wildman–Crippen MR) is 196 cm³/mol. The molecule has 47 heavy (non-hydrogen) atoms. The van der Waals surface area contributed by atoms with Crippen molar-refractivity contribution in [3.63, 3.8) is 0 Å². The maximum Gasteiger partial charge on any atom is 0.143 e. The molecule has 0 aliphatic heterocycles. The predicted octanol–water partition coefficient (Wildman–Crippen LogP) is 12.9. The van der Waals surface area contributed by atoms with Crippen LogP contribution in [-0.4, -0.2) is 0 Å². The summed E-state index contributed by atoms with van der Waals surface area (Å²) in [6.45, 7) is 0. The molecule has 0 N–H and O–H groups in total. The Labute approximate surface area is 270 Å². The molecule has 3 nitrogen and oxygen atoms in total. The first-order valence-corrected chi connectivity index (χ1v) is 15.9. The second-order valence-corrected chi connectivity index (χ2v) is 12.1. The van der Waals surface area contributed by atoms with E-state index in [-0.39, 0.29) is 0 Å². The van der Waals surface area contributed by atoms with Gasteiger partial charge in [-0.2, -0.15) is 0 Å². The van der Waals surface area contributed by atoms with Crippen LogP contribution in [0.5, 0.6) is 0 Å². The molecule has 3 heteroatoms. The number of hydrogen-bond donors (Lipinski definition) is 0. The quantitative estimate of drug-likeness (QED) is 0.201. The van der Waals surface area contributed by atoms with Gasteiger partial charge in [0.15, 0.2) is 0 Å². The van der Waals surface area contributed by atoms with Crippen LogP contribution in [0.25, 0.3) is 76.5 Å². The normalized spacial score (nSPS) is 11.8. The Hall–Kier alpha value is -6.32. The van der Waals surface area contributed by atoms with Crippen molar-refractivity contribution in [1.29, 1.82) is 0 Å². The summed E-state index contributed by atoms with van der Waals surface area (Å²) in [5, 5.41) is 9.07. The van der Waals surface area contributed by atoms with E-state index < -0.39 is 0 Å². The summed E-state index contributed by atoms with van der Waals surface area (Å²) in [6.07, 6.45) is 0. The fourth-order valence-electron chi connectivity index (χ4n) is 7.34. The van der Waals surface area contributed by atoms with Crippen molar-refractivity contribution in [2.75, 3.05) is 4.90 Å². The lowest BCUT2D eigenvalue weighted by Crippen LogP contribution is -2.11. The summed E-state index contributed by atoms with van der Waals surface area (Å²) in [5.41, 5.74) is 8.99. The second-order valence-electron chi connectivity index (χ2n) is 12.1. The molecule has 10 aromatic rings. The minimum Gasteiger partial charge on any atom is -0.456 e. The summed E-state index contributed by atoms with van der Waals surface area (Å²) in [6, 6.07) is 57.8. The van der Waals surface area contributed by atoms with Crippen molar-refractivity contribution in [3.05, 3.63) is 164 Å². The fourth-order valence-corrected chi connectivity index (χ4v) is 7.34. The van der Waals surface area contributed by atoms with Gasteiger partial charge in [0.1, 0.15) is 22.3 Å². The molecule has 2 heterocycles. The monoisotopic (exact) mass is 601 g/mol. The van der Waals surface area contributed by atoms with Crippen LogP contribution >= 0.6 is 0 Å². The summed E-state index contributed by atoms with van der Waals surface area (Å²) in [7, 11) is 0. The second kappa shape index (κ2) is 10.1. The third-order valence-corrected chi connectivity index (χ3v) is 9.42. The van der Waals surface area contributed by atoms with E-state index in [1.165, 1.54) is 16.2 Å². The number of anilines is 3. The molecule has 8 aromatic carbocycles. The Morgan fingerprint density at radius 3 is 1.89 bits per heavy atom. The van der Waals surface area contributed by atoms with Gasteiger partial charge in [-0.1, -0.05) is 109 Å². The van der Waals surface area contributed by atoms with Crippen molar-refractivity contribution in [2.24, 2.45) is 0 Å². The minimum atomic E-state index is 0.863. The van der Waals surface area contributed by atoms with Gasteiger partial charge in [-0.3, -0.25) is 0 Å². The number of benzene rings is 8.